The molecule has 0 bridgehead atoms. The first-order chi connectivity index (χ1) is 11.2. The Morgan fingerprint density at radius 1 is 1.13 bits per heavy atom. The van der Waals surface area contributed by atoms with Crippen LogP contribution in [0.25, 0.3) is 0 Å². The van der Waals surface area contributed by atoms with Crippen LogP contribution < -0.4 is 0 Å². The summed E-state index contributed by atoms with van der Waals surface area (Å²) in [5, 5.41) is 0.183. The van der Waals surface area contributed by atoms with E-state index in [1.807, 2.05) is 23.8 Å². The molecule has 132 valence electrons. The topological polar surface area (TPSA) is 31.2 Å². The van der Waals surface area contributed by atoms with Gasteiger partial charge in [-0.3, -0.25) is 0 Å². The van der Waals surface area contributed by atoms with Crippen LogP contribution in [0.4, 0.5) is 0 Å². The van der Waals surface area contributed by atoms with Crippen molar-refractivity contribution < 1.29 is 9.53 Å². The minimum absolute atomic E-state index is 0.183. The predicted molar refractivity (Wildman–Crippen MR) is 97.3 cm³/mol. The van der Waals surface area contributed by atoms with Crippen LogP contribution in [-0.4, -0.2) is 22.5 Å². The summed E-state index contributed by atoms with van der Waals surface area (Å²) in [7, 11) is 0. The molecule has 0 radical (unpaired) electrons. The lowest BCUT2D eigenvalue weighted by molar-refractivity contribution is 0.0513. The van der Waals surface area contributed by atoms with Crippen molar-refractivity contribution in [1.29, 1.82) is 0 Å². The van der Waals surface area contributed by atoms with E-state index in [9.17, 15) is 4.79 Å². The molecular formula is C19H32ClNO2. The number of unbranched alkanes of at least 4 members (excludes halogenated alkanes) is 6. The molecule has 1 unspecified atom stereocenters. The Labute approximate surface area is 146 Å². The molecule has 0 aliphatic heterocycles. The van der Waals surface area contributed by atoms with E-state index in [1.54, 1.807) is 6.07 Å². The highest BCUT2D eigenvalue weighted by Crippen LogP contribution is 2.16. The molecule has 1 aromatic rings. The summed E-state index contributed by atoms with van der Waals surface area (Å²) in [5.74, 6) is -0.254. The molecule has 1 rings (SSSR count). The highest BCUT2D eigenvalue weighted by molar-refractivity contribution is 6.20. The average Bonchev–Trinajstić information content (AvgIpc) is 3.01. The van der Waals surface area contributed by atoms with Gasteiger partial charge in [0, 0.05) is 18.1 Å². The number of carbonyl (C=O) groups excluding carboxylic acids is 1. The fourth-order valence-corrected chi connectivity index (χ4v) is 3.00. The first-order valence-electron chi connectivity index (χ1n) is 9.15. The molecule has 23 heavy (non-hydrogen) atoms. The summed E-state index contributed by atoms with van der Waals surface area (Å²) in [6.45, 7) is 5.24. The van der Waals surface area contributed by atoms with E-state index in [2.05, 4.69) is 6.92 Å². The summed E-state index contributed by atoms with van der Waals surface area (Å²) < 4.78 is 7.00. The fourth-order valence-electron chi connectivity index (χ4n) is 2.75. The van der Waals surface area contributed by atoms with Crippen LogP contribution in [0, 0.1) is 0 Å². The standard InChI is InChI=1S/C19H32ClNO2/c1-3-5-6-7-8-9-10-12-17(20)14-16-21-15-11-13-18(21)19(22)23-4-2/h11,13,15,17H,3-10,12,14,16H2,1-2H3. The highest BCUT2D eigenvalue weighted by atomic mass is 35.5. The van der Waals surface area contributed by atoms with Crippen molar-refractivity contribution in [2.24, 2.45) is 0 Å². The van der Waals surface area contributed by atoms with Crippen molar-refractivity contribution in [3.05, 3.63) is 24.0 Å². The molecule has 0 amide bonds. The minimum atomic E-state index is -0.254. The number of ether oxygens (including phenoxy) is 1. The summed E-state index contributed by atoms with van der Waals surface area (Å²) >= 11 is 6.42. The number of hydrogen-bond acceptors (Lipinski definition) is 2. The Bertz CT molecular complexity index is 431. The van der Waals surface area contributed by atoms with E-state index < -0.39 is 0 Å². The van der Waals surface area contributed by atoms with Crippen LogP contribution >= 0.6 is 11.6 Å². The van der Waals surface area contributed by atoms with Crippen molar-refractivity contribution in [2.45, 2.75) is 83.6 Å². The van der Waals surface area contributed by atoms with Gasteiger partial charge in [-0.05, 0) is 31.9 Å². The predicted octanol–water partition coefficient (Wildman–Crippen LogP) is 5.80. The number of carbonyl (C=O) groups is 1. The molecular weight excluding hydrogens is 310 g/mol. The summed E-state index contributed by atoms with van der Waals surface area (Å²) in [4.78, 5) is 11.8. The van der Waals surface area contributed by atoms with Gasteiger partial charge in [0.15, 0.2) is 0 Å². The largest absolute Gasteiger partial charge is 0.461 e. The van der Waals surface area contributed by atoms with Crippen LogP contribution in [0.1, 0.15) is 82.1 Å². The van der Waals surface area contributed by atoms with Crippen molar-refractivity contribution in [2.75, 3.05) is 6.61 Å². The number of alkyl halides is 1. The molecule has 3 nitrogen and oxygen atoms in total. The Morgan fingerprint density at radius 2 is 1.83 bits per heavy atom. The molecule has 1 atom stereocenters. The van der Waals surface area contributed by atoms with Crippen molar-refractivity contribution >= 4 is 17.6 Å². The van der Waals surface area contributed by atoms with Gasteiger partial charge >= 0.3 is 5.97 Å². The maximum absolute atomic E-state index is 11.8. The fraction of sp³-hybridized carbons (Fsp3) is 0.737. The van der Waals surface area contributed by atoms with E-state index in [0.717, 1.165) is 19.4 Å². The van der Waals surface area contributed by atoms with Crippen LogP contribution in [-0.2, 0) is 11.3 Å². The van der Waals surface area contributed by atoms with Gasteiger partial charge in [0.25, 0.3) is 0 Å². The molecule has 4 heteroatoms. The molecule has 0 aliphatic carbocycles. The zero-order valence-corrected chi connectivity index (χ0v) is 15.5. The smallest absolute Gasteiger partial charge is 0.354 e. The molecule has 0 N–H and O–H groups in total. The van der Waals surface area contributed by atoms with E-state index in [0.29, 0.717) is 12.3 Å². The number of rotatable bonds is 13. The number of hydrogen-bond donors (Lipinski definition) is 0. The van der Waals surface area contributed by atoms with Gasteiger partial charge in [0.1, 0.15) is 5.69 Å². The second kappa shape index (κ2) is 12.5. The molecule has 0 saturated carbocycles. The summed E-state index contributed by atoms with van der Waals surface area (Å²) in [6.07, 6.45) is 13.1. The maximum atomic E-state index is 11.8. The van der Waals surface area contributed by atoms with Gasteiger partial charge in [-0.2, -0.15) is 0 Å². The zero-order chi connectivity index (χ0) is 16.9. The van der Waals surface area contributed by atoms with Crippen molar-refractivity contribution in [1.82, 2.24) is 4.57 Å². The maximum Gasteiger partial charge on any atom is 0.354 e. The third-order valence-electron chi connectivity index (χ3n) is 4.12. The van der Waals surface area contributed by atoms with Gasteiger partial charge in [-0.25, -0.2) is 4.79 Å². The monoisotopic (exact) mass is 341 g/mol. The van der Waals surface area contributed by atoms with E-state index in [-0.39, 0.29) is 11.3 Å². The quantitative estimate of drug-likeness (QED) is 0.258. The highest BCUT2D eigenvalue weighted by Gasteiger charge is 2.12. The van der Waals surface area contributed by atoms with Crippen molar-refractivity contribution in [3.63, 3.8) is 0 Å². The van der Waals surface area contributed by atoms with Crippen LogP contribution in [0.5, 0.6) is 0 Å². The molecule has 0 saturated heterocycles. The van der Waals surface area contributed by atoms with E-state index in [4.69, 9.17) is 16.3 Å². The first-order valence-corrected chi connectivity index (χ1v) is 9.59. The molecule has 0 fully saturated rings. The number of halogens is 1. The third-order valence-corrected chi connectivity index (χ3v) is 4.55. The molecule has 0 spiro atoms. The van der Waals surface area contributed by atoms with Crippen LogP contribution in [0.2, 0.25) is 0 Å². The van der Waals surface area contributed by atoms with Gasteiger partial charge in [-0.15, -0.1) is 11.6 Å². The number of aryl methyl sites for hydroxylation is 1. The van der Waals surface area contributed by atoms with E-state index in [1.165, 1.54) is 44.9 Å². The van der Waals surface area contributed by atoms with Crippen LogP contribution in [0.15, 0.2) is 18.3 Å². The molecule has 0 aromatic carbocycles. The molecule has 0 aliphatic rings. The number of nitrogens with zero attached hydrogens (tertiary/aromatic N) is 1. The Hall–Kier alpha value is -0.960. The Kier molecular flexibility index (Phi) is 10.9. The zero-order valence-electron chi connectivity index (χ0n) is 14.7. The molecule has 1 heterocycles. The lowest BCUT2D eigenvalue weighted by Crippen LogP contribution is -2.13. The van der Waals surface area contributed by atoms with Gasteiger partial charge in [0.05, 0.1) is 6.61 Å². The van der Waals surface area contributed by atoms with Gasteiger partial charge < -0.3 is 9.30 Å². The van der Waals surface area contributed by atoms with Gasteiger partial charge in [-0.1, -0.05) is 51.9 Å². The number of aromatic nitrogens is 1. The Morgan fingerprint density at radius 3 is 2.52 bits per heavy atom. The first kappa shape index (κ1) is 20.1. The van der Waals surface area contributed by atoms with Crippen LogP contribution in [0.3, 0.4) is 0 Å². The second-order valence-corrected chi connectivity index (χ2v) is 6.72. The molecule has 1 aromatic heterocycles. The lowest BCUT2D eigenvalue weighted by atomic mass is 10.1. The average molecular weight is 342 g/mol. The minimum Gasteiger partial charge on any atom is -0.461 e. The summed E-state index contributed by atoms with van der Waals surface area (Å²) in [5.41, 5.74) is 0.617. The van der Waals surface area contributed by atoms with Crippen molar-refractivity contribution in [3.8, 4) is 0 Å². The Balaban J connectivity index is 2.17. The van der Waals surface area contributed by atoms with E-state index >= 15 is 0 Å². The number of esters is 1. The summed E-state index contributed by atoms with van der Waals surface area (Å²) in [6, 6.07) is 3.68. The lowest BCUT2D eigenvalue weighted by Gasteiger charge is -2.12. The normalized spacial score (nSPS) is 12.3. The van der Waals surface area contributed by atoms with Gasteiger partial charge in [0.2, 0.25) is 0 Å². The third kappa shape index (κ3) is 8.45. The second-order valence-electron chi connectivity index (χ2n) is 6.10. The SMILES string of the molecule is CCCCCCCCCC(Cl)CCn1cccc1C(=O)OCC.